The molecule has 0 fully saturated rings. The molecular weight excluding hydrogens is 165 g/mol. The highest BCUT2D eigenvalue weighted by Crippen LogP contribution is 2.04. The van der Waals surface area contributed by atoms with E-state index in [1.165, 1.54) is 5.56 Å². The summed E-state index contributed by atoms with van der Waals surface area (Å²) in [6, 6.07) is 7.72. The fraction of sp³-hybridized carbons (Fsp3) is 0.222. The predicted molar refractivity (Wildman–Crippen MR) is 50.3 cm³/mol. The molecule has 0 aromatic heterocycles. The van der Waals surface area contributed by atoms with Gasteiger partial charge < -0.3 is 9.96 Å². The summed E-state index contributed by atoms with van der Waals surface area (Å²) in [4.78, 5) is 10.6. The van der Waals surface area contributed by atoms with Crippen molar-refractivity contribution < 1.29 is 9.53 Å². The van der Waals surface area contributed by atoms with Crippen LogP contribution in [0, 0.1) is 6.92 Å². The summed E-state index contributed by atoms with van der Waals surface area (Å²) < 4.78 is 4.74. The summed E-state index contributed by atoms with van der Waals surface area (Å²) in [6.07, 6.45) is -0.624. The summed E-state index contributed by atoms with van der Waals surface area (Å²) in [5, 5.41) is 1.89. The van der Waals surface area contributed by atoms with Gasteiger partial charge in [-0.1, -0.05) is 29.8 Å². The van der Waals surface area contributed by atoms with Crippen molar-refractivity contribution in [2.24, 2.45) is 0 Å². The van der Waals surface area contributed by atoms with E-state index in [-0.39, 0.29) is 6.61 Å². The van der Waals surface area contributed by atoms with Crippen LogP contribution in [0.25, 0.3) is 0 Å². The molecule has 0 aliphatic rings. The second-order valence-corrected chi connectivity index (χ2v) is 2.71. The van der Waals surface area contributed by atoms with Crippen molar-refractivity contribution >= 4 is 14.1 Å². The monoisotopic (exact) mass is 175 g/mol. The topological polar surface area (TPSA) is 38.3 Å². The summed E-state index contributed by atoms with van der Waals surface area (Å²) in [6.45, 7) is 2.24. The lowest BCUT2D eigenvalue weighted by atomic mass is 10.2. The van der Waals surface area contributed by atoms with Crippen LogP contribution in [-0.4, -0.2) is 14.1 Å². The van der Waals surface area contributed by atoms with Crippen LogP contribution in [0.15, 0.2) is 24.3 Å². The molecule has 66 valence electrons. The first kappa shape index (κ1) is 9.64. The van der Waals surface area contributed by atoms with E-state index in [1.54, 1.807) is 0 Å². The molecule has 0 aliphatic heterocycles. The Balaban J connectivity index is 2.46. The normalized spacial score (nSPS) is 9.31. The van der Waals surface area contributed by atoms with Crippen molar-refractivity contribution in [3.63, 3.8) is 0 Å². The van der Waals surface area contributed by atoms with E-state index < -0.39 is 6.09 Å². The number of hydrogen-bond acceptors (Lipinski definition) is 2. The lowest BCUT2D eigenvalue weighted by Gasteiger charge is -2.03. The van der Waals surface area contributed by atoms with E-state index in [1.807, 2.05) is 36.4 Å². The average Bonchev–Trinajstić information content (AvgIpc) is 2.16. The van der Waals surface area contributed by atoms with E-state index in [0.29, 0.717) is 0 Å². The molecule has 0 spiro atoms. The Labute approximate surface area is 78.5 Å². The number of carbonyl (C=O) groups is 1. The maximum atomic E-state index is 10.6. The lowest BCUT2D eigenvalue weighted by molar-refractivity contribution is 0.146. The fourth-order valence-corrected chi connectivity index (χ4v) is 0.875. The van der Waals surface area contributed by atoms with Gasteiger partial charge in [-0.3, -0.25) is 0 Å². The average molecular weight is 175 g/mol. The van der Waals surface area contributed by atoms with Gasteiger partial charge in [0.05, 0.1) is 0 Å². The molecule has 0 saturated heterocycles. The van der Waals surface area contributed by atoms with Gasteiger partial charge in [0, 0.05) is 0 Å². The van der Waals surface area contributed by atoms with Crippen LogP contribution < -0.4 is 5.23 Å². The molecule has 13 heavy (non-hydrogen) atoms. The number of carbonyl (C=O) groups excluding carboxylic acids is 1. The third-order valence-electron chi connectivity index (χ3n) is 1.61. The number of ether oxygens (including phenoxy) is 1. The van der Waals surface area contributed by atoms with Crippen molar-refractivity contribution in [2.45, 2.75) is 13.5 Å². The fourth-order valence-electron chi connectivity index (χ4n) is 0.875. The molecule has 0 unspecified atom stereocenters. The van der Waals surface area contributed by atoms with Gasteiger partial charge in [-0.25, -0.2) is 4.79 Å². The van der Waals surface area contributed by atoms with Crippen molar-refractivity contribution in [2.75, 3.05) is 0 Å². The minimum Gasteiger partial charge on any atom is -0.446 e. The second kappa shape index (κ2) is 4.55. The molecule has 0 heterocycles. The first-order valence-electron chi connectivity index (χ1n) is 3.91. The van der Waals surface area contributed by atoms with E-state index in [9.17, 15) is 4.79 Å². The molecule has 1 N–H and O–H groups in total. The van der Waals surface area contributed by atoms with E-state index in [2.05, 4.69) is 0 Å². The standard InChI is InChI=1S/C9H10BNO2/c1-7-2-4-8(5-3-7)6-13-9(12)11-10/h2-5H,6H2,1H3,(H,11,12). The van der Waals surface area contributed by atoms with Crippen molar-refractivity contribution in [1.29, 1.82) is 0 Å². The number of nitrogens with one attached hydrogen (secondary N) is 1. The van der Waals surface area contributed by atoms with E-state index in [4.69, 9.17) is 12.7 Å². The van der Waals surface area contributed by atoms with Crippen LogP contribution >= 0.6 is 0 Å². The highest BCUT2D eigenvalue weighted by atomic mass is 16.5. The molecule has 0 aliphatic carbocycles. The van der Waals surface area contributed by atoms with Gasteiger partial charge in [-0.2, -0.15) is 0 Å². The zero-order valence-electron chi connectivity index (χ0n) is 7.41. The largest absolute Gasteiger partial charge is 0.446 e. The highest BCUT2D eigenvalue weighted by Gasteiger charge is 1.97. The van der Waals surface area contributed by atoms with Crippen LogP contribution in [0.4, 0.5) is 4.79 Å². The molecule has 0 saturated carbocycles. The number of aryl methyl sites for hydroxylation is 1. The third-order valence-corrected chi connectivity index (χ3v) is 1.61. The van der Waals surface area contributed by atoms with Gasteiger partial charge in [0.25, 0.3) is 0 Å². The molecule has 2 radical (unpaired) electrons. The van der Waals surface area contributed by atoms with Crippen molar-refractivity contribution in [3.8, 4) is 0 Å². The summed E-state index contributed by atoms with van der Waals surface area (Å²) >= 11 is 0. The van der Waals surface area contributed by atoms with Crippen LogP contribution in [0.3, 0.4) is 0 Å². The Morgan fingerprint density at radius 2 is 2.08 bits per heavy atom. The van der Waals surface area contributed by atoms with E-state index >= 15 is 0 Å². The van der Waals surface area contributed by atoms with Crippen LogP contribution in [0.1, 0.15) is 11.1 Å². The van der Waals surface area contributed by atoms with Gasteiger partial charge in [0.2, 0.25) is 7.98 Å². The quantitative estimate of drug-likeness (QED) is 0.688. The summed E-state index contributed by atoms with van der Waals surface area (Å²) in [5.74, 6) is 0. The van der Waals surface area contributed by atoms with Gasteiger partial charge in [0.15, 0.2) is 0 Å². The van der Waals surface area contributed by atoms with Crippen LogP contribution in [-0.2, 0) is 11.3 Å². The smallest absolute Gasteiger partial charge is 0.394 e. The molecule has 4 heteroatoms. The Bertz CT molecular complexity index is 284. The van der Waals surface area contributed by atoms with Gasteiger partial charge >= 0.3 is 6.09 Å². The van der Waals surface area contributed by atoms with E-state index in [0.717, 1.165) is 5.56 Å². The maximum absolute atomic E-state index is 10.6. The van der Waals surface area contributed by atoms with Crippen molar-refractivity contribution in [3.05, 3.63) is 35.4 Å². The van der Waals surface area contributed by atoms with Crippen LogP contribution in [0.2, 0.25) is 0 Å². The second-order valence-electron chi connectivity index (χ2n) is 2.71. The SMILES string of the molecule is [B]NC(=O)OCc1ccc(C)cc1. The zero-order valence-corrected chi connectivity index (χ0v) is 7.41. The highest BCUT2D eigenvalue weighted by molar-refractivity contribution is 6.12. The maximum Gasteiger partial charge on any atom is 0.394 e. The molecule has 3 nitrogen and oxygen atoms in total. The molecule has 0 bridgehead atoms. The lowest BCUT2D eigenvalue weighted by Crippen LogP contribution is -2.20. The molecule has 1 amide bonds. The first-order chi connectivity index (χ1) is 6.22. The number of rotatable bonds is 2. The zero-order chi connectivity index (χ0) is 9.68. The number of benzene rings is 1. The minimum absolute atomic E-state index is 0.239. The van der Waals surface area contributed by atoms with Crippen molar-refractivity contribution in [1.82, 2.24) is 5.23 Å². The molecule has 1 aromatic rings. The van der Waals surface area contributed by atoms with Crippen LogP contribution in [0.5, 0.6) is 0 Å². The molecule has 1 rings (SSSR count). The molecule has 0 atom stereocenters. The summed E-state index contributed by atoms with van der Waals surface area (Å²) in [7, 11) is 4.84. The number of amides is 1. The number of hydrogen-bond donors (Lipinski definition) is 1. The van der Waals surface area contributed by atoms with Gasteiger partial charge in [0.1, 0.15) is 6.61 Å². The Kier molecular flexibility index (Phi) is 3.37. The van der Waals surface area contributed by atoms with Gasteiger partial charge in [-0.15, -0.1) is 0 Å². The minimum atomic E-state index is -0.624. The molecular formula is C9H10BNO2. The Morgan fingerprint density at radius 1 is 1.46 bits per heavy atom. The first-order valence-corrected chi connectivity index (χ1v) is 3.91. The van der Waals surface area contributed by atoms with Gasteiger partial charge in [-0.05, 0) is 12.5 Å². The predicted octanol–water partition coefficient (Wildman–Crippen LogP) is 1.30. The summed E-state index contributed by atoms with van der Waals surface area (Å²) in [5.41, 5.74) is 2.11. The molecule has 1 aromatic carbocycles. The third kappa shape index (κ3) is 3.19. The Morgan fingerprint density at radius 3 is 2.62 bits per heavy atom. The Hall–Kier alpha value is -1.45.